The highest BCUT2D eigenvalue weighted by Crippen LogP contribution is 2.64. The third-order valence-corrected chi connectivity index (χ3v) is 5.95. The molecule has 5 aliphatic heterocycles. The molecular formula is C13H13N5O6. The van der Waals surface area contributed by atoms with Crippen LogP contribution in [-0.2, 0) is 24.0 Å². The minimum Gasteiger partial charge on any atom is -0.480 e. The first-order valence-corrected chi connectivity index (χ1v) is 7.57. The summed E-state index contributed by atoms with van der Waals surface area (Å²) in [5.74, 6) is -3.40. The number of carboxylic acid groups (broad SMARTS) is 1. The lowest BCUT2D eigenvalue weighted by atomic mass is 9.71. The van der Waals surface area contributed by atoms with Crippen molar-refractivity contribution in [3.05, 3.63) is 0 Å². The molecule has 5 atom stereocenters. The second-order valence-electron chi connectivity index (χ2n) is 6.72. The maximum atomic E-state index is 12.3. The van der Waals surface area contributed by atoms with Crippen molar-refractivity contribution in [2.45, 2.75) is 29.6 Å². The summed E-state index contributed by atoms with van der Waals surface area (Å²) in [6, 6.07) is -1.81. The minimum absolute atomic E-state index is 0.0768. The zero-order valence-corrected chi connectivity index (χ0v) is 12.3. The van der Waals surface area contributed by atoms with E-state index in [1.54, 1.807) is 4.90 Å². The molecule has 5 saturated heterocycles. The summed E-state index contributed by atoms with van der Waals surface area (Å²) in [4.78, 5) is 61.6. The zero-order valence-electron chi connectivity index (χ0n) is 12.3. The van der Waals surface area contributed by atoms with E-state index in [-0.39, 0.29) is 13.1 Å². The summed E-state index contributed by atoms with van der Waals surface area (Å²) in [6.45, 7) is 0.127. The van der Waals surface area contributed by atoms with Gasteiger partial charge in [0.2, 0.25) is 23.6 Å². The summed E-state index contributed by atoms with van der Waals surface area (Å²) in [7, 11) is 0. The van der Waals surface area contributed by atoms with Crippen LogP contribution in [0.3, 0.4) is 0 Å². The molecule has 4 unspecified atom stereocenters. The van der Waals surface area contributed by atoms with Gasteiger partial charge in [-0.25, -0.2) is 14.8 Å². The lowest BCUT2D eigenvalue weighted by Gasteiger charge is -2.61. The van der Waals surface area contributed by atoms with Crippen LogP contribution >= 0.6 is 0 Å². The van der Waals surface area contributed by atoms with Gasteiger partial charge in [-0.05, 0) is 6.42 Å². The normalized spacial score (nSPS) is 46.6. The molecule has 11 heteroatoms. The Bertz CT molecular complexity index is 768. The molecule has 5 heterocycles. The van der Waals surface area contributed by atoms with Gasteiger partial charge < -0.3 is 5.11 Å². The summed E-state index contributed by atoms with van der Waals surface area (Å²) in [6.07, 6.45) is 0.332. The van der Waals surface area contributed by atoms with Crippen LogP contribution in [0.4, 0.5) is 0 Å². The van der Waals surface area contributed by atoms with E-state index in [9.17, 15) is 29.1 Å². The third-order valence-electron chi connectivity index (χ3n) is 5.95. The average molecular weight is 335 g/mol. The highest BCUT2D eigenvalue weighted by Gasteiger charge is 2.91. The number of hydrogen-bond donors (Lipinski definition) is 3. The first-order valence-electron chi connectivity index (χ1n) is 7.57. The Hall–Kier alpha value is -2.37. The van der Waals surface area contributed by atoms with Crippen molar-refractivity contribution in [1.29, 1.82) is 0 Å². The van der Waals surface area contributed by atoms with Crippen LogP contribution in [0.5, 0.6) is 0 Å². The highest BCUT2D eigenvalue weighted by atomic mass is 16.4. The van der Waals surface area contributed by atoms with Crippen LogP contribution in [0.2, 0.25) is 0 Å². The second kappa shape index (κ2) is 3.82. The van der Waals surface area contributed by atoms with Gasteiger partial charge in [0.1, 0.15) is 12.1 Å². The second-order valence-corrected chi connectivity index (χ2v) is 6.72. The third kappa shape index (κ3) is 1.16. The van der Waals surface area contributed by atoms with Gasteiger partial charge in [-0.15, -0.1) is 0 Å². The van der Waals surface area contributed by atoms with Crippen LogP contribution in [0.1, 0.15) is 6.42 Å². The number of imide groups is 2. The minimum atomic E-state index is -1.63. The van der Waals surface area contributed by atoms with E-state index in [0.29, 0.717) is 13.0 Å². The van der Waals surface area contributed by atoms with E-state index >= 15 is 0 Å². The molecule has 0 aliphatic carbocycles. The molecule has 0 saturated carbocycles. The number of nitrogens with one attached hydrogen (secondary N) is 2. The van der Waals surface area contributed by atoms with E-state index in [4.69, 9.17) is 0 Å². The number of fused-ring (bicyclic) bond motifs is 8. The van der Waals surface area contributed by atoms with Crippen LogP contribution in [-0.4, -0.2) is 92.4 Å². The molecule has 5 aliphatic rings. The fourth-order valence-electron chi connectivity index (χ4n) is 5.27. The molecule has 0 aromatic carbocycles. The van der Waals surface area contributed by atoms with Gasteiger partial charge in [0.15, 0.2) is 5.54 Å². The molecule has 3 N–H and O–H groups in total. The van der Waals surface area contributed by atoms with Crippen molar-refractivity contribution in [1.82, 2.24) is 25.6 Å². The standard InChI is InChI=1S/C13H13N5O6/c19-5-3-16-7(9(21)14-5)12(16)1-2-18-13(12,11(23)24)8-10(22)15-6(20)4-17(8)18/h7-8H,1-4H2,(H,23,24)(H,14,19,21)(H,15,20,22)/t7?,8?,12?,13-,16?/m1/s1. The van der Waals surface area contributed by atoms with Gasteiger partial charge in [0, 0.05) is 6.54 Å². The summed E-state index contributed by atoms with van der Waals surface area (Å²) >= 11 is 0. The topological polar surface area (TPSA) is 139 Å². The van der Waals surface area contributed by atoms with Gasteiger partial charge in [-0.1, -0.05) is 0 Å². The maximum Gasteiger partial charge on any atom is 0.329 e. The molecule has 4 amide bonds. The largest absolute Gasteiger partial charge is 0.480 e. The van der Waals surface area contributed by atoms with Crippen molar-refractivity contribution in [3.63, 3.8) is 0 Å². The van der Waals surface area contributed by atoms with Crippen LogP contribution in [0.25, 0.3) is 0 Å². The van der Waals surface area contributed by atoms with E-state index < -0.39 is 52.8 Å². The lowest BCUT2D eigenvalue weighted by Crippen LogP contribution is -2.89. The molecule has 5 fully saturated rings. The quantitative estimate of drug-likeness (QED) is 0.322. The number of carbonyl (C=O) groups excluding carboxylic acids is 4. The first-order chi connectivity index (χ1) is 11.4. The van der Waals surface area contributed by atoms with Crippen LogP contribution in [0, 0.1) is 0 Å². The Morgan fingerprint density at radius 2 is 1.67 bits per heavy atom. The first kappa shape index (κ1) is 14.0. The van der Waals surface area contributed by atoms with Crippen molar-refractivity contribution in [3.8, 4) is 0 Å². The number of amides is 4. The fourth-order valence-corrected chi connectivity index (χ4v) is 5.27. The van der Waals surface area contributed by atoms with E-state index in [1.165, 1.54) is 10.0 Å². The predicted molar refractivity (Wildman–Crippen MR) is 71.7 cm³/mol. The summed E-state index contributed by atoms with van der Waals surface area (Å²) < 4.78 is 0. The molecule has 0 bridgehead atoms. The number of carboxylic acids is 1. The van der Waals surface area contributed by atoms with E-state index in [1.807, 2.05) is 0 Å². The molecule has 11 nitrogen and oxygen atoms in total. The molecule has 1 spiro atoms. The Morgan fingerprint density at radius 1 is 1.04 bits per heavy atom. The van der Waals surface area contributed by atoms with Crippen molar-refractivity contribution < 1.29 is 29.1 Å². The smallest absolute Gasteiger partial charge is 0.329 e. The lowest BCUT2D eigenvalue weighted by molar-refractivity contribution is -0.256. The monoisotopic (exact) mass is 335 g/mol. The highest BCUT2D eigenvalue weighted by molar-refractivity contribution is 6.10. The number of rotatable bonds is 1. The van der Waals surface area contributed by atoms with Gasteiger partial charge in [-0.2, -0.15) is 0 Å². The molecule has 5 rings (SSSR count). The summed E-state index contributed by atoms with van der Waals surface area (Å²) in [5.41, 5.74) is -2.74. The van der Waals surface area contributed by atoms with E-state index in [2.05, 4.69) is 10.6 Å². The van der Waals surface area contributed by atoms with Crippen LogP contribution in [0.15, 0.2) is 0 Å². The van der Waals surface area contributed by atoms with E-state index in [0.717, 1.165) is 0 Å². The molecular weight excluding hydrogens is 322 g/mol. The Kier molecular flexibility index (Phi) is 2.23. The number of carbonyl (C=O) groups is 5. The van der Waals surface area contributed by atoms with Crippen molar-refractivity contribution in [2.75, 3.05) is 19.6 Å². The van der Waals surface area contributed by atoms with Crippen LogP contribution < -0.4 is 10.6 Å². The zero-order chi connectivity index (χ0) is 17.0. The Balaban J connectivity index is 1.64. The number of piperazine rings is 2. The maximum absolute atomic E-state index is 12.3. The molecule has 126 valence electrons. The van der Waals surface area contributed by atoms with Gasteiger partial charge >= 0.3 is 5.97 Å². The van der Waals surface area contributed by atoms with Gasteiger partial charge in [0.25, 0.3) is 0 Å². The number of aliphatic carboxylic acids is 1. The van der Waals surface area contributed by atoms with Gasteiger partial charge in [0.05, 0.1) is 18.6 Å². The molecule has 0 aromatic heterocycles. The Morgan fingerprint density at radius 3 is 2.33 bits per heavy atom. The summed E-state index contributed by atoms with van der Waals surface area (Å²) in [5, 5.41) is 17.4. The fraction of sp³-hybridized carbons (Fsp3) is 0.615. The van der Waals surface area contributed by atoms with Gasteiger partial charge in [-0.3, -0.25) is 34.7 Å². The van der Waals surface area contributed by atoms with Crippen molar-refractivity contribution in [2.24, 2.45) is 0 Å². The predicted octanol–water partition coefficient (Wildman–Crippen LogP) is -4.15. The Labute approximate surface area is 134 Å². The molecule has 0 radical (unpaired) electrons. The van der Waals surface area contributed by atoms with Crippen molar-refractivity contribution >= 4 is 29.6 Å². The number of nitrogens with zero attached hydrogens (tertiary/aromatic N) is 3. The SMILES string of the molecule is O=C1CN2C(C(=O)N1)C21CCN2N3CC(=O)NC(=O)C3[C@]21C(=O)O. The molecule has 24 heavy (non-hydrogen) atoms. The average Bonchev–Trinajstić information content (AvgIpc) is 2.98. The molecule has 0 aromatic rings. The number of hydrogen-bond acceptors (Lipinski definition) is 8. The number of hydrazine groups is 1.